The van der Waals surface area contributed by atoms with Crippen molar-refractivity contribution in [1.29, 1.82) is 0 Å². The van der Waals surface area contributed by atoms with Crippen LogP contribution in [0.25, 0.3) is 5.57 Å². The van der Waals surface area contributed by atoms with E-state index in [1.807, 2.05) is 30.3 Å². The van der Waals surface area contributed by atoms with E-state index < -0.39 is 6.16 Å². The van der Waals surface area contributed by atoms with E-state index in [4.69, 9.17) is 9.47 Å². The molecule has 96 valence electrons. The van der Waals surface area contributed by atoms with E-state index >= 15 is 0 Å². The fourth-order valence-corrected chi connectivity index (χ4v) is 2.17. The molecule has 1 atom stereocenters. The van der Waals surface area contributed by atoms with Crippen LogP contribution in [0, 0.1) is 0 Å². The Morgan fingerprint density at radius 2 is 2.11 bits per heavy atom. The van der Waals surface area contributed by atoms with Crippen LogP contribution in [0.5, 0.6) is 0 Å². The van der Waals surface area contributed by atoms with Gasteiger partial charge in [0.1, 0.15) is 6.10 Å². The highest BCUT2D eigenvalue weighted by atomic mass is 16.7. The molecule has 1 aliphatic rings. The van der Waals surface area contributed by atoms with E-state index in [2.05, 4.69) is 6.08 Å². The molecular formula is C15H18O3. The first-order valence-corrected chi connectivity index (χ1v) is 6.40. The van der Waals surface area contributed by atoms with Crippen molar-refractivity contribution in [3.05, 3.63) is 42.0 Å². The summed E-state index contributed by atoms with van der Waals surface area (Å²) in [6, 6.07) is 10.0. The maximum Gasteiger partial charge on any atom is 0.508 e. The molecule has 3 nitrogen and oxygen atoms in total. The number of carbonyl (C=O) groups excluding carboxylic acids is 1. The van der Waals surface area contributed by atoms with Crippen molar-refractivity contribution in [3.63, 3.8) is 0 Å². The zero-order chi connectivity index (χ0) is 12.8. The van der Waals surface area contributed by atoms with Crippen LogP contribution in [0.3, 0.4) is 0 Å². The molecule has 1 aromatic rings. The van der Waals surface area contributed by atoms with E-state index in [-0.39, 0.29) is 6.10 Å². The van der Waals surface area contributed by atoms with Crippen molar-refractivity contribution in [2.45, 2.75) is 32.3 Å². The molecule has 2 rings (SSSR count). The standard InChI is InChI=1S/C15H18O3/c1-2-17-15(16)18-14-11-7-6-10-13(14)12-8-4-3-5-9-12/h3-5,8-10,14H,2,6-7,11H2,1H3. The van der Waals surface area contributed by atoms with E-state index in [0.717, 1.165) is 30.4 Å². The van der Waals surface area contributed by atoms with Crippen LogP contribution in [0.2, 0.25) is 0 Å². The topological polar surface area (TPSA) is 35.5 Å². The molecule has 0 bridgehead atoms. The van der Waals surface area contributed by atoms with Gasteiger partial charge < -0.3 is 9.47 Å². The Balaban J connectivity index is 2.11. The summed E-state index contributed by atoms with van der Waals surface area (Å²) in [5.74, 6) is 0. The number of rotatable bonds is 3. The molecule has 0 saturated carbocycles. The van der Waals surface area contributed by atoms with Gasteiger partial charge in [-0.3, -0.25) is 0 Å². The van der Waals surface area contributed by atoms with E-state index in [1.54, 1.807) is 6.92 Å². The van der Waals surface area contributed by atoms with Crippen LogP contribution in [0.15, 0.2) is 36.4 Å². The first-order valence-electron chi connectivity index (χ1n) is 6.40. The average Bonchev–Trinajstić information content (AvgIpc) is 2.40. The van der Waals surface area contributed by atoms with Crippen LogP contribution in [0.4, 0.5) is 4.79 Å². The smallest absolute Gasteiger partial charge is 0.435 e. The Morgan fingerprint density at radius 1 is 1.33 bits per heavy atom. The monoisotopic (exact) mass is 246 g/mol. The average molecular weight is 246 g/mol. The molecule has 0 heterocycles. The molecule has 1 aromatic carbocycles. The zero-order valence-corrected chi connectivity index (χ0v) is 10.6. The maximum absolute atomic E-state index is 11.4. The Labute approximate surface area is 107 Å². The van der Waals surface area contributed by atoms with Gasteiger partial charge in [0.25, 0.3) is 0 Å². The number of carbonyl (C=O) groups is 1. The molecular weight excluding hydrogens is 228 g/mol. The third kappa shape index (κ3) is 3.13. The third-order valence-corrected chi connectivity index (χ3v) is 2.99. The highest BCUT2D eigenvalue weighted by Crippen LogP contribution is 2.29. The van der Waals surface area contributed by atoms with E-state index in [9.17, 15) is 4.79 Å². The number of benzene rings is 1. The zero-order valence-electron chi connectivity index (χ0n) is 10.6. The third-order valence-electron chi connectivity index (χ3n) is 2.99. The molecule has 0 amide bonds. The summed E-state index contributed by atoms with van der Waals surface area (Å²) in [6.45, 7) is 2.12. The van der Waals surface area contributed by atoms with Gasteiger partial charge in [0.15, 0.2) is 0 Å². The predicted octanol–water partition coefficient (Wildman–Crippen LogP) is 3.80. The fraction of sp³-hybridized carbons (Fsp3) is 0.400. The Kier molecular flexibility index (Phi) is 4.40. The number of hydrogen-bond acceptors (Lipinski definition) is 3. The summed E-state index contributed by atoms with van der Waals surface area (Å²) in [6.07, 6.45) is 4.33. The second-order valence-corrected chi connectivity index (χ2v) is 4.25. The lowest BCUT2D eigenvalue weighted by Gasteiger charge is -2.24. The summed E-state index contributed by atoms with van der Waals surface area (Å²) >= 11 is 0. The second kappa shape index (κ2) is 6.24. The summed E-state index contributed by atoms with van der Waals surface area (Å²) in [5.41, 5.74) is 2.21. The lowest BCUT2D eigenvalue weighted by Crippen LogP contribution is -2.22. The van der Waals surface area contributed by atoms with E-state index in [0.29, 0.717) is 6.61 Å². The largest absolute Gasteiger partial charge is 0.508 e. The van der Waals surface area contributed by atoms with Gasteiger partial charge in [0, 0.05) is 0 Å². The minimum Gasteiger partial charge on any atom is -0.435 e. The summed E-state index contributed by atoms with van der Waals surface area (Å²) < 4.78 is 10.2. The van der Waals surface area contributed by atoms with Crippen LogP contribution < -0.4 is 0 Å². The van der Waals surface area contributed by atoms with Gasteiger partial charge in [0.2, 0.25) is 0 Å². The predicted molar refractivity (Wildman–Crippen MR) is 70.2 cm³/mol. The van der Waals surface area contributed by atoms with Gasteiger partial charge in [-0.15, -0.1) is 0 Å². The van der Waals surface area contributed by atoms with Crippen molar-refractivity contribution < 1.29 is 14.3 Å². The molecule has 0 spiro atoms. The molecule has 0 saturated heterocycles. The molecule has 1 unspecified atom stereocenters. The van der Waals surface area contributed by atoms with Gasteiger partial charge in [0.05, 0.1) is 6.61 Å². The van der Waals surface area contributed by atoms with Crippen LogP contribution in [-0.4, -0.2) is 18.9 Å². The SMILES string of the molecule is CCOC(=O)OC1CCCC=C1c1ccccc1. The number of hydrogen-bond donors (Lipinski definition) is 0. The van der Waals surface area contributed by atoms with Crippen molar-refractivity contribution in [2.24, 2.45) is 0 Å². The highest BCUT2D eigenvalue weighted by Gasteiger charge is 2.23. The van der Waals surface area contributed by atoms with Crippen LogP contribution >= 0.6 is 0 Å². The van der Waals surface area contributed by atoms with Gasteiger partial charge in [-0.05, 0) is 37.3 Å². The molecule has 0 N–H and O–H groups in total. The van der Waals surface area contributed by atoms with Gasteiger partial charge in [-0.2, -0.15) is 0 Å². The highest BCUT2D eigenvalue weighted by molar-refractivity contribution is 5.72. The summed E-state index contributed by atoms with van der Waals surface area (Å²) in [4.78, 5) is 11.4. The normalized spacial score (nSPS) is 18.9. The Bertz CT molecular complexity index is 423. The first kappa shape index (κ1) is 12.7. The second-order valence-electron chi connectivity index (χ2n) is 4.25. The van der Waals surface area contributed by atoms with Crippen molar-refractivity contribution in [2.75, 3.05) is 6.61 Å². The van der Waals surface area contributed by atoms with Crippen molar-refractivity contribution in [1.82, 2.24) is 0 Å². The lowest BCUT2D eigenvalue weighted by atomic mass is 9.91. The summed E-state index contributed by atoms with van der Waals surface area (Å²) in [7, 11) is 0. The summed E-state index contributed by atoms with van der Waals surface area (Å²) in [5, 5.41) is 0. The van der Waals surface area contributed by atoms with Crippen molar-refractivity contribution >= 4 is 11.7 Å². The molecule has 3 heteroatoms. The maximum atomic E-state index is 11.4. The van der Waals surface area contributed by atoms with Crippen LogP contribution in [0.1, 0.15) is 31.7 Å². The molecule has 0 radical (unpaired) electrons. The molecule has 0 fully saturated rings. The van der Waals surface area contributed by atoms with Crippen LogP contribution in [-0.2, 0) is 9.47 Å². The molecule has 0 aliphatic heterocycles. The Morgan fingerprint density at radius 3 is 2.83 bits per heavy atom. The quantitative estimate of drug-likeness (QED) is 0.761. The van der Waals surface area contributed by atoms with Gasteiger partial charge >= 0.3 is 6.16 Å². The fourth-order valence-electron chi connectivity index (χ4n) is 2.17. The molecule has 0 aromatic heterocycles. The molecule has 1 aliphatic carbocycles. The van der Waals surface area contributed by atoms with Crippen molar-refractivity contribution in [3.8, 4) is 0 Å². The minimum atomic E-state index is -0.578. The van der Waals surface area contributed by atoms with Gasteiger partial charge in [-0.1, -0.05) is 36.4 Å². The van der Waals surface area contributed by atoms with Gasteiger partial charge in [-0.25, -0.2) is 4.79 Å². The van der Waals surface area contributed by atoms with E-state index in [1.165, 1.54) is 0 Å². The number of allylic oxidation sites excluding steroid dienone is 1. The molecule has 18 heavy (non-hydrogen) atoms. The Hall–Kier alpha value is -1.77. The first-order chi connectivity index (χ1) is 8.81. The number of ether oxygens (including phenoxy) is 2. The lowest BCUT2D eigenvalue weighted by molar-refractivity contribution is 0.0396. The minimum absolute atomic E-state index is 0.180.